The second kappa shape index (κ2) is 35.8. The summed E-state index contributed by atoms with van der Waals surface area (Å²) < 4.78 is 55.9. The van der Waals surface area contributed by atoms with E-state index in [4.69, 9.17) is 46.2 Å². The molecular formula is C93H119ClF3N15O12. The zero-order valence-corrected chi connectivity index (χ0v) is 75.5. The number of carbonyl (C=O) groups excluding carboxylic acids is 8. The first-order chi connectivity index (χ1) is 58.0. The molecule has 6 aromatic heterocycles. The third-order valence-electron chi connectivity index (χ3n) is 25.4. The van der Waals surface area contributed by atoms with Crippen LogP contribution in [0.25, 0.3) is 39.5 Å². The first-order valence-corrected chi connectivity index (χ1v) is 43.5. The van der Waals surface area contributed by atoms with Gasteiger partial charge in [-0.1, -0.05) is 86.0 Å². The number of nitrogens with zero attached hydrogens (tertiary/aromatic N) is 15. The Morgan fingerprint density at radius 1 is 0.500 bits per heavy atom. The Bertz CT molecular complexity index is 5400. The van der Waals surface area contributed by atoms with Crippen LogP contribution in [0.4, 0.5) is 13.2 Å². The summed E-state index contributed by atoms with van der Waals surface area (Å²) in [7, 11) is 1.42. The number of piperazine rings is 3. The molecule has 1 N–H and O–H groups in total. The number of carbonyl (C=O) groups is 9. The summed E-state index contributed by atoms with van der Waals surface area (Å²) in [4.78, 5) is 141. The molecule has 666 valence electrons. The summed E-state index contributed by atoms with van der Waals surface area (Å²) in [6.07, 6.45) is 12.5. The van der Waals surface area contributed by atoms with E-state index in [0.29, 0.717) is 150 Å². The van der Waals surface area contributed by atoms with E-state index in [1.807, 2.05) is 106 Å². The molecule has 8 aromatic rings. The van der Waals surface area contributed by atoms with Gasteiger partial charge in [-0.3, -0.25) is 38.4 Å². The Hall–Kier alpha value is -10.7. The zero-order chi connectivity index (χ0) is 90.5. The lowest BCUT2D eigenvalue weighted by Crippen LogP contribution is -2.62. The summed E-state index contributed by atoms with van der Waals surface area (Å²) in [5, 5.41) is 24.2. The monoisotopic (exact) mass is 1730 g/mol. The number of halogens is 4. The molecular weight excluding hydrogens is 1610 g/mol. The summed E-state index contributed by atoms with van der Waals surface area (Å²) in [6, 6.07) is 19.6. The number of fused-ring (bicyclic) bond motifs is 3. The minimum Gasteiger partial charge on any atom is -0.481 e. The Balaban J connectivity index is 0.000000170. The highest BCUT2D eigenvalue weighted by molar-refractivity contribution is 6.30. The van der Waals surface area contributed by atoms with Crippen LogP contribution in [0.5, 0.6) is 0 Å². The van der Waals surface area contributed by atoms with Gasteiger partial charge in [-0.05, 0) is 190 Å². The van der Waals surface area contributed by atoms with Gasteiger partial charge in [0.2, 0.25) is 23.6 Å². The molecule has 6 aliphatic rings. The number of aliphatic carboxylic acids is 1. The lowest BCUT2D eigenvalue weighted by molar-refractivity contribution is -0.156. The van der Waals surface area contributed by atoms with Gasteiger partial charge in [0.25, 0.3) is 17.7 Å². The number of amides is 6. The predicted octanol–water partition coefficient (Wildman–Crippen LogP) is 15.1. The van der Waals surface area contributed by atoms with E-state index < -0.39 is 39.9 Å². The van der Waals surface area contributed by atoms with E-state index in [2.05, 4.69) is 67.4 Å². The number of methoxy groups -OCH3 is 1. The summed E-state index contributed by atoms with van der Waals surface area (Å²) >= 11 is 6.11. The molecule has 0 bridgehead atoms. The fourth-order valence-electron chi connectivity index (χ4n) is 18.0. The number of carboxylic acids is 1. The highest BCUT2D eigenvalue weighted by Gasteiger charge is 2.48. The number of benzene rings is 2. The smallest absolute Gasteiger partial charge is 0.330 e. The summed E-state index contributed by atoms with van der Waals surface area (Å²) in [5.41, 5.74) is 6.01. The average molecular weight is 1730 g/mol. The van der Waals surface area contributed by atoms with E-state index in [9.17, 15) is 61.4 Å². The van der Waals surface area contributed by atoms with Crippen molar-refractivity contribution in [1.29, 1.82) is 0 Å². The molecule has 3 saturated carbocycles. The van der Waals surface area contributed by atoms with Gasteiger partial charge in [0.05, 0.1) is 77.3 Å². The van der Waals surface area contributed by atoms with Crippen molar-refractivity contribution in [1.82, 2.24) is 73.2 Å². The lowest BCUT2D eigenvalue weighted by Gasteiger charge is -2.48. The highest BCUT2D eigenvalue weighted by atomic mass is 35.5. The fraction of sp³-hybridized carbons (Fsp3) is 0.559. The number of hydrogen-bond donors (Lipinski definition) is 1. The number of carboxylic acid groups (broad SMARTS) is 1. The maximum Gasteiger partial charge on any atom is 0.330 e. The highest BCUT2D eigenvalue weighted by Crippen LogP contribution is 2.44. The minimum atomic E-state index is -2.62. The van der Waals surface area contributed by atoms with E-state index in [1.54, 1.807) is 65.9 Å². The van der Waals surface area contributed by atoms with E-state index in [1.165, 1.54) is 25.3 Å². The normalized spacial score (nSPS) is 21.2. The molecule has 3 aliphatic carbocycles. The van der Waals surface area contributed by atoms with Gasteiger partial charge in [0.15, 0.2) is 16.9 Å². The topological polar surface area (TPSA) is 302 Å². The fourth-order valence-corrected chi connectivity index (χ4v) is 18.2. The molecule has 6 amide bonds. The first kappa shape index (κ1) is 92.5. The van der Waals surface area contributed by atoms with Crippen molar-refractivity contribution in [3.8, 4) is 22.5 Å². The largest absolute Gasteiger partial charge is 0.481 e. The van der Waals surface area contributed by atoms with Crippen LogP contribution in [0, 0.1) is 29.0 Å². The van der Waals surface area contributed by atoms with Crippen LogP contribution in [-0.4, -0.2) is 227 Å². The molecule has 3 aliphatic heterocycles. The van der Waals surface area contributed by atoms with Crippen LogP contribution in [0.2, 0.25) is 5.02 Å². The summed E-state index contributed by atoms with van der Waals surface area (Å²) in [5.74, 6) is -6.10. The molecule has 0 spiro atoms. The van der Waals surface area contributed by atoms with E-state index >= 15 is 0 Å². The van der Waals surface area contributed by atoms with Gasteiger partial charge < -0.3 is 44.0 Å². The van der Waals surface area contributed by atoms with Crippen LogP contribution in [-0.2, 0) is 54.5 Å². The molecule has 14 rings (SSSR count). The molecule has 9 heterocycles. The minimum absolute atomic E-state index is 0.0405. The molecule has 0 unspecified atom stereocenters. The molecule has 124 heavy (non-hydrogen) atoms. The van der Waals surface area contributed by atoms with Crippen LogP contribution in [0.1, 0.15) is 255 Å². The lowest BCUT2D eigenvalue weighted by atomic mass is 9.71. The number of rotatable bonds is 13. The standard InChI is InChI=1S/C33H42ClN5O4.C31H43F2N5O4.C29H34FN5O4/c1-31(2,3)24-18-25(21-8-10-23(34)11-9-21)36-39-19-26(35-27(24)39)29(41)38-17-16-37(20-32(38,4)5)28(40)22-12-14-33(6,15-13-22)30(42)43-7;1-29(2,3)22-16-23(19-10-12-31(32,33)13-11-19)35-38-17-24(34-25(22)38)27(40)37-15-14-36(18-30(37,4)5)26(39)20-6-8-21(9-7-20)28(41)42;1-7-39-25(37)13-12-24(36)33-14-15-34(29(5,6)18-33)27(38)23-17-35-26(31-23)21(28(2,3)4)16-22(32-35)19-8-10-20(30)11-9-19/h8-11,18-19,22H,12-17,20H2,1-7H3;16-17,19-21H,6-15,18H2,1-5H3,(H,41,42);8-13,16-17H,7,14-15,18H2,1-6H3/b;;13-12+. The summed E-state index contributed by atoms with van der Waals surface area (Å²) in [6.45, 7) is 37.6. The van der Waals surface area contributed by atoms with Crippen molar-refractivity contribution in [3.63, 3.8) is 0 Å². The third-order valence-corrected chi connectivity index (χ3v) is 25.6. The molecule has 27 nitrogen and oxygen atoms in total. The second-order valence-corrected chi connectivity index (χ2v) is 39.8. The number of ether oxygens (including phenoxy) is 2. The Kier molecular flexibility index (Phi) is 26.7. The van der Waals surface area contributed by atoms with Crippen molar-refractivity contribution in [2.45, 2.75) is 239 Å². The Morgan fingerprint density at radius 3 is 1.27 bits per heavy atom. The van der Waals surface area contributed by atoms with Crippen LogP contribution >= 0.6 is 11.6 Å². The molecule has 6 fully saturated rings. The van der Waals surface area contributed by atoms with Crippen molar-refractivity contribution in [3.05, 3.63) is 148 Å². The first-order valence-electron chi connectivity index (χ1n) is 43.1. The molecule has 0 atom stereocenters. The van der Waals surface area contributed by atoms with Gasteiger partial charge in [0.1, 0.15) is 22.9 Å². The average Bonchev–Trinajstić information content (AvgIpc) is 1.55. The van der Waals surface area contributed by atoms with Crippen molar-refractivity contribution in [2.75, 3.05) is 72.6 Å². The van der Waals surface area contributed by atoms with Crippen molar-refractivity contribution >= 4 is 81.9 Å². The van der Waals surface area contributed by atoms with Crippen LogP contribution in [0.15, 0.2) is 97.5 Å². The van der Waals surface area contributed by atoms with Gasteiger partial charge in [-0.2, -0.15) is 15.3 Å². The maximum atomic E-state index is 13.9. The Labute approximate surface area is 727 Å². The van der Waals surface area contributed by atoms with Crippen molar-refractivity contribution < 1.29 is 70.9 Å². The second-order valence-electron chi connectivity index (χ2n) is 39.3. The van der Waals surface area contributed by atoms with Crippen LogP contribution < -0.4 is 0 Å². The number of esters is 2. The third kappa shape index (κ3) is 20.5. The quantitative estimate of drug-likeness (QED) is 0.0828. The molecule has 3 saturated heterocycles. The van der Waals surface area contributed by atoms with Gasteiger partial charge in [-0.15, -0.1) is 0 Å². The number of imidazole rings is 3. The van der Waals surface area contributed by atoms with Gasteiger partial charge in [0, 0.05) is 134 Å². The molecule has 2 aromatic carbocycles. The van der Waals surface area contributed by atoms with E-state index in [0.717, 1.165) is 45.3 Å². The van der Waals surface area contributed by atoms with Gasteiger partial charge in [-0.25, -0.2) is 46.5 Å². The molecule has 31 heteroatoms. The van der Waals surface area contributed by atoms with Crippen LogP contribution in [0.3, 0.4) is 0 Å². The SMILES string of the molecule is CC(C)(C)c1cc(C2CCC(F)(F)CC2)nn2cc(C(=O)N3CCN(C(=O)C4CCC(C(=O)O)CC4)CC3(C)C)nc12.CCOC(=O)/C=C/C(=O)N1CCN(C(=O)c2cn3nc(-c4ccc(F)cc4)cc(C(C)(C)C)c3n2)C(C)(C)C1.COC(=O)C1(C)CCC(C(=O)N2CCN(C(=O)c3cn4nc(-c5ccc(Cl)cc5)cc(C(C)(C)C)c4n3)C(C)(C)C2)CC1. The number of hydrogen-bond acceptors (Lipinski definition) is 17. The number of aromatic nitrogens is 9. The predicted molar refractivity (Wildman–Crippen MR) is 463 cm³/mol. The van der Waals surface area contributed by atoms with Crippen molar-refractivity contribution in [2.24, 2.45) is 23.2 Å². The Morgan fingerprint density at radius 2 is 0.879 bits per heavy atom. The number of alkyl halides is 2. The van der Waals surface area contributed by atoms with Gasteiger partial charge >= 0.3 is 17.9 Å². The zero-order valence-electron chi connectivity index (χ0n) is 74.8. The van der Waals surface area contributed by atoms with E-state index in [-0.39, 0.29) is 125 Å². The maximum absolute atomic E-state index is 13.9. The molecule has 0 radical (unpaired) electrons.